The van der Waals surface area contributed by atoms with Crippen LogP contribution in [0.15, 0.2) is 72.8 Å². The van der Waals surface area contributed by atoms with Crippen molar-refractivity contribution >= 4 is 40.5 Å². The zero-order chi connectivity index (χ0) is 26.3. The Morgan fingerprint density at radius 1 is 0.838 bits per heavy atom. The minimum atomic E-state index is -4.63. The Morgan fingerprint density at radius 2 is 1.54 bits per heavy atom. The van der Waals surface area contributed by atoms with E-state index in [1.54, 1.807) is 66.4 Å². The molecule has 9 heteroatoms. The van der Waals surface area contributed by atoms with E-state index < -0.39 is 29.5 Å². The first-order valence-electron chi connectivity index (χ1n) is 12.0. The van der Waals surface area contributed by atoms with E-state index in [0.717, 1.165) is 18.6 Å². The van der Waals surface area contributed by atoms with Crippen LogP contribution in [0.25, 0.3) is 0 Å². The van der Waals surface area contributed by atoms with Crippen molar-refractivity contribution in [1.82, 2.24) is 0 Å². The highest BCUT2D eigenvalue weighted by Crippen LogP contribution is 2.44. The number of nitrogens with zero attached hydrogens (tertiary/aromatic N) is 3. The highest BCUT2D eigenvalue weighted by molar-refractivity contribution is 6.23. The van der Waals surface area contributed by atoms with E-state index in [-0.39, 0.29) is 23.8 Å². The van der Waals surface area contributed by atoms with Gasteiger partial charge in [0.1, 0.15) is 5.92 Å². The van der Waals surface area contributed by atoms with Gasteiger partial charge in [0.05, 0.1) is 16.9 Å². The maximum atomic E-state index is 14.1. The van der Waals surface area contributed by atoms with Gasteiger partial charge in [-0.05, 0) is 61.4 Å². The van der Waals surface area contributed by atoms with Crippen LogP contribution < -0.4 is 14.7 Å². The van der Waals surface area contributed by atoms with Crippen LogP contribution in [0.3, 0.4) is 0 Å². The molecule has 1 saturated heterocycles. The predicted molar refractivity (Wildman–Crippen MR) is 134 cm³/mol. The zero-order valence-corrected chi connectivity index (χ0v) is 20.0. The molecule has 3 aromatic carbocycles. The molecule has 0 saturated carbocycles. The molecule has 1 unspecified atom stereocenters. The lowest BCUT2D eigenvalue weighted by Crippen LogP contribution is -2.39. The third-order valence-electron chi connectivity index (χ3n) is 6.76. The number of halogens is 3. The van der Waals surface area contributed by atoms with Crippen molar-refractivity contribution in [3.8, 4) is 0 Å². The lowest BCUT2D eigenvalue weighted by Gasteiger charge is -2.26. The van der Waals surface area contributed by atoms with Gasteiger partial charge >= 0.3 is 6.18 Å². The summed E-state index contributed by atoms with van der Waals surface area (Å²) >= 11 is 0. The summed E-state index contributed by atoms with van der Waals surface area (Å²) in [5, 5.41) is 0. The Hall–Kier alpha value is -4.14. The van der Waals surface area contributed by atoms with Crippen molar-refractivity contribution in [2.75, 3.05) is 27.8 Å². The molecular weight excluding hydrogens is 483 g/mol. The van der Waals surface area contributed by atoms with Gasteiger partial charge < -0.3 is 9.80 Å². The van der Waals surface area contributed by atoms with E-state index in [4.69, 9.17) is 0 Å². The van der Waals surface area contributed by atoms with E-state index in [1.807, 2.05) is 0 Å². The number of hydrogen-bond acceptors (Lipinski definition) is 3. The number of carbonyl (C=O) groups is 3. The van der Waals surface area contributed by atoms with Gasteiger partial charge in [0, 0.05) is 30.9 Å². The van der Waals surface area contributed by atoms with Gasteiger partial charge in [0.25, 0.3) is 0 Å². The number of alkyl halides is 3. The average molecular weight is 508 g/mol. The van der Waals surface area contributed by atoms with Crippen LogP contribution in [0.1, 0.15) is 36.8 Å². The first kappa shape index (κ1) is 24.5. The summed E-state index contributed by atoms with van der Waals surface area (Å²) in [6.07, 6.45) is -3.40. The summed E-state index contributed by atoms with van der Waals surface area (Å²) in [5.74, 6) is -2.46. The lowest BCUT2D eigenvalue weighted by atomic mass is 9.95. The fourth-order valence-electron chi connectivity index (χ4n) is 4.96. The number of rotatable bonds is 4. The maximum absolute atomic E-state index is 14.1. The number of likely N-dealkylation sites (N-methyl/N-ethyl adjacent to an activating group) is 1. The molecule has 3 aromatic rings. The molecule has 6 nitrogen and oxygen atoms in total. The van der Waals surface area contributed by atoms with Gasteiger partial charge in [-0.25, -0.2) is 0 Å². The minimum Gasteiger partial charge on any atom is -0.312 e. The fraction of sp³-hybridized carbons (Fsp3) is 0.250. The summed E-state index contributed by atoms with van der Waals surface area (Å²) < 4.78 is 41.0. The van der Waals surface area contributed by atoms with Crippen LogP contribution in [0.4, 0.5) is 35.9 Å². The van der Waals surface area contributed by atoms with Crippen molar-refractivity contribution < 1.29 is 27.6 Å². The average Bonchev–Trinajstić information content (AvgIpc) is 3.28. The highest BCUT2D eigenvalue weighted by atomic mass is 19.4. The molecule has 190 valence electrons. The predicted octanol–water partition coefficient (Wildman–Crippen LogP) is 5.65. The van der Waals surface area contributed by atoms with E-state index in [0.29, 0.717) is 29.9 Å². The molecular formula is C28H24F3N3O3. The van der Waals surface area contributed by atoms with Crippen LogP contribution in [0.2, 0.25) is 0 Å². The highest BCUT2D eigenvalue weighted by Gasteiger charge is 2.43. The Kier molecular flexibility index (Phi) is 6.23. The molecule has 0 aromatic heterocycles. The van der Waals surface area contributed by atoms with Crippen LogP contribution in [0, 0.1) is 0 Å². The Labute approximate surface area is 211 Å². The molecule has 0 spiro atoms. The second-order valence-corrected chi connectivity index (χ2v) is 8.97. The van der Waals surface area contributed by atoms with Gasteiger partial charge in [-0.3, -0.25) is 19.3 Å². The molecule has 3 amide bonds. The quantitative estimate of drug-likeness (QED) is 0.429. The first-order valence-corrected chi connectivity index (χ1v) is 12.0. The maximum Gasteiger partial charge on any atom is 0.416 e. The summed E-state index contributed by atoms with van der Waals surface area (Å²) in [6.45, 7) is 2.47. The van der Waals surface area contributed by atoms with E-state index in [9.17, 15) is 27.6 Å². The fourth-order valence-corrected chi connectivity index (χ4v) is 4.96. The molecule has 2 aliphatic heterocycles. The van der Waals surface area contributed by atoms with E-state index >= 15 is 0 Å². The standard InChI is InChI=1S/C28H24F3N3O3/c1-2-32-22-15-12-19(28(29,30)31)17-23(22)34(21-7-4-3-5-8-21)27(37)25(26(32)36)18-10-13-20(14-11-18)33-16-6-9-24(33)35/h3-5,7-8,10-15,17,25H,2,6,9,16H2,1H3. The molecule has 0 N–H and O–H groups in total. The smallest absolute Gasteiger partial charge is 0.312 e. The van der Waals surface area contributed by atoms with Gasteiger partial charge in [0.15, 0.2) is 0 Å². The van der Waals surface area contributed by atoms with Crippen molar-refractivity contribution in [2.45, 2.75) is 31.9 Å². The molecule has 0 bridgehead atoms. The van der Waals surface area contributed by atoms with Gasteiger partial charge in [-0.1, -0.05) is 30.3 Å². The topological polar surface area (TPSA) is 60.9 Å². The van der Waals surface area contributed by atoms with Crippen molar-refractivity contribution in [1.29, 1.82) is 0 Å². The van der Waals surface area contributed by atoms with Crippen LogP contribution in [0.5, 0.6) is 0 Å². The SMILES string of the molecule is CCN1C(=O)C(c2ccc(N3CCCC3=O)cc2)C(=O)N(c2ccccc2)c2cc(C(F)(F)F)ccc21. The summed E-state index contributed by atoms with van der Waals surface area (Å²) in [7, 11) is 0. The summed E-state index contributed by atoms with van der Waals surface area (Å²) in [4.78, 5) is 44.2. The second-order valence-electron chi connectivity index (χ2n) is 8.97. The number of amides is 3. The molecule has 0 radical (unpaired) electrons. The number of para-hydroxylation sites is 1. The number of fused-ring (bicyclic) bond motifs is 1. The zero-order valence-electron chi connectivity index (χ0n) is 20.0. The Morgan fingerprint density at radius 3 is 2.14 bits per heavy atom. The number of carbonyl (C=O) groups excluding carboxylic acids is 3. The molecule has 5 rings (SSSR count). The largest absolute Gasteiger partial charge is 0.416 e. The van der Waals surface area contributed by atoms with E-state index in [2.05, 4.69) is 0 Å². The van der Waals surface area contributed by atoms with E-state index in [1.165, 1.54) is 15.9 Å². The monoisotopic (exact) mass is 507 g/mol. The van der Waals surface area contributed by atoms with Crippen LogP contribution in [-0.4, -0.2) is 30.8 Å². The molecule has 2 aliphatic rings. The third-order valence-corrected chi connectivity index (χ3v) is 6.76. The van der Waals surface area contributed by atoms with Crippen LogP contribution in [-0.2, 0) is 20.6 Å². The number of hydrogen-bond donors (Lipinski definition) is 0. The molecule has 0 aliphatic carbocycles. The normalized spacial score (nSPS) is 18.3. The van der Waals surface area contributed by atoms with Gasteiger partial charge in [0.2, 0.25) is 17.7 Å². The second kappa shape index (κ2) is 9.38. The third kappa shape index (κ3) is 4.34. The van der Waals surface area contributed by atoms with Crippen molar-refractivity contribution in [2.24, 2.45) is 0 Å². The van der Waals surface area contributed by atoms with Gasteiger partial charge in [-0.2, -0.15) is 13.2 Å². The van der Waals surface area contributed by atoms with Crippen LogP contribution >= 0.6 is 0 Å². The Balaban J connectivity index is 1.65. The molecule has 37 heavy (non-hydrogen) atoms. The lowest BCUT2D eigenvalue weighted by molar-refractivity contribution is -0.137. The first-order chi connectivity index (χ1) is 17.7. The minimum absolute atomic E-state index is 0.0111. The number of anilines is 4. The molecule has 2 heterocycles. The molecule has 1 atom stereocenters. The van der Waals surface area contributed by atoms with Crippen molar-refractivity contribution in [3.63, 3.8) is 0 Å². The van der Waals surface area contributed by atoms with Crippen molar-refractivity contribution in [3.05, 3.63) is 83.9 Å². The number of benzene rings is 3. The molecule has 1 fully saturated rings. The summed E-state index contributed by atoms with van der Waals surface area (Å²) in [5.41, 5.74) is 0.714. The Bertz CT molecular complexity index is 1360. The van der Waals surface area contributed by atoms with Gasteiger partial charge in [-0.15, -0.1) is 0 Å². The summed E-state index contributed by atoms with van der Waals surface area (Å²) in [6, 6.07) is 18.1.